The van der Waals surface area contributed by atoms with Crippen molar-refractivity contribution in [3.8, 4) is 0 Å². The number of nitrogens with one attached hydrogen (secondary N) is 1. The Morgan fingerprint density at radius 1 is 1.31 bits per heavy atom. The highest BCUT2D eigenvalue weighted by Gasteiger charge is 2.09. The standard InChI is InChI=1S/C13H23N3/c1-6-7-14-9-12-10(2)8-11(3)15-13(12)16(4)5/h8,14H,6-7,9H2,1-5H3. The van der Waals surface area contributed by atoms with E-state index in [-0.39, 0.29) is 0 Å². The molecule has 0 fully saturated rings. The van der Waals surface area contributed by atoms with Gasteiger partial charge in [0.25, 0.3) is 0 Å². The number of nitrogens with zero attached hydrogens (tertiary/aromatic N) is 2. The topological polar surface area (TPSA) is 28.2 Å². The normalized spacial score (nSPS) is 10.6. The van der Waals surface area contributed by atoms with E-state index in [9.17, 15) is 0 Å². The largest absolute Gasteiger partial charge is 0.362 e. The Morgan fingerprint density at radius 2 is 2.00 bits per heavy atom. The number of anilines is 1. The quantitative estimate of drug-likeness (QED) is 0.773. The zero-order chi connectivity index (χ0) is 12.1. The van der Waals surface area contributed by atoms with Crippen LogP contribution in [0.3, 0.4) is 0 Å². The van der Waals surface area contributed by atoms with Gasteiger partial charge >= 0.3 is 0 Å². The van der Waals surface area contributed by atoms with Gasteiger partial charge in [0.2, 0.25) is 0 Å². The van der Waals surface area contributed by atoms with E-state index < -0.39 is 0 Å². The van der Waals surface area contributed by atoms with Crippen molar-refractivity contribution in [2.24, 2.45) is 0 Å². The molecule has 1 rings (SSSR count). The second kappa shape index (κ2) is 5.85. The first-order valence-corrected chi connectivity index (χ1v) is 5.91. The molecule has 0 aliphatic carbocycles. The first-order chi connectivity index (χ1) is 7.56. The van der Waals surface area contributed by atoms with Crippen LogP contribution in [0, 0.1) is 13.8 Å². The number of aryl methyl sites for hydroxylation is 2. The Kier molecular flexibility index (Phi) is 4.74. The molecule has 1 aromatic heterocycles. The van der Waals surface area contributed by atoms with Crippen molar-refractivity contribution in [1.82, 2.24) is 10.3 Å². The van der Waals surface area contributed by atoms with E-state index >= 15 is 0 Å². The number of pyridine rings is 1. The van der Waals surface area contributed by atoms with Crippen LogP contribution < -0.4 is 10.2 Å². The molecule has 1 heterocycles. The summed E-state index contributed by atoms with van der Waals surface area (Å²) in [5.74, 6) is 1.08. The SMILES string of the molecule is CCCNCc1c(C)cc(C)nc1N(C)C. The lowest BCUT2D eigenvalue weighted by Gasteiger charge is -2.19. The highest BCUT2D eigenvalue weighted by atomic mass is 15.1. The molecule has 0 atom stereocenters. The summed E-state index contributed by atoms with van der Waals surface area (Å²) in [6.07, 6.45) is 1.16. The third kappa shape index (κ3) is 3.20. The number of rotatable bonds is 5. The summed E-state index contributed by atoms with van der Waals surface area (Å²) in [6, 6.07) is 2.15. The summed E-state index contributed by atoms with van der Waals surface area (Å²) < 4.78 is 0. The van der Waals surface area contributed by atoms with Crippen LogP contribution in [-0.2, 0) is 6.54 Å². The number of aromatic nitrogens is 1. The summed E-state index contributed by atoms with van der Waals surface area (Å²) in [5, 5.41) is 3.44. The van der Waals surface area contributed by atoms with Crippen molar-refractivity contribution < 1.29 is 0 Å². The summed E-state index contributed by atoms with van der Waals surface area (Å²) in [7, 11) is 4.09. The van der Waals surface area contributed by atoms with Crippen LogP contribution in [0.4, 0.5) is 5.82 Å². The van der Waals surface area contributed by atoms with Crippen LogP contribution in [0.15, 0.2) is 6.07 Å². The van der Waals surface area contributed by atoms with Gasteiger partial charge in [0, 0.05) is 31.9 Å². The van der Waals surface area contributed by atoms with Crippen LogP contribution in [-0.4, -0.2) is 25.6 Å². The highest BCUT2D eigenvalue weighted by Crippen LogP contribution is 2.20. The summed E-state index contributed by atoms with van der Waals surface area (Å²) in [6.45, 7) is 8.34. The molecule has 0 saturated heterocycles. The lowest BCUT2D eigenvalue weighted by Crippen LogP contribution is -2.20. The minimum atomic E-state index is 0.903. The van der Waals surface area contributed by atoms with Crippen LogP contribution in [0.5, 0.6) is 0 Å². The predicted molar refractivity (Wildman–Crippen MR) is 70.0 cm³/mol. The molecule has 0 unspecified atom stereocenters. The molecule has 0 aliphatic rings. The van der Waals surface area contributed by atoms with E-state index in [0.717, 1.165) is 31.0 Å². The van der Waals surface area contributed by atoms with Crippen molar-refractivity contribution in [1.29, 1.82) is 0 Å². The summed E-state index contributed by atoms with van der Waals surface area (Å²) in [5.41, 5.74) is 3.71. The maximum absolute atomic E-state index is 4.60. The van der Waals surface area contributed by atoms with E-state index in [0.29, 0.717) is 0 Å². The molecule has 0 radical (unpaired) electrons. The molecule has 90 valence electrons. The van der Waals surface area contributed by atoms with Crippen molar-refractivity contribution in [3.05, 3.63) is 22.9 Å². The molecule has 0 bridgehead atoms. The first kappa shape index (κ1) is 13.0. The lowest BCUT2D eigenvalue weighted by molar-refractivity contribution is 0.670. The molecule has 0 amide bonds. The van der Waals surface area contributed by atoms with Gasteiger partial charge in [-0.05, 0) is 38.4 Å². The zero-order valence-corrected chi connectivity index (χ0v) is 11.1. The Labute approximate surface area is 98.9 Å². The van der Waals surface area contributed by atoms with Crippen LogP contribution in [0.1, 0.15) is 30.2 Å². The van der Waals surface area contributed by atoms with Gasteiger partial charge < -0.3 is 10.2 Å². The van der Waals surface area contributed by atoms with Crippen LogP contribution in [0.25, 0.3) is 0 Å². The Balaban J connectivity index is 2.95. The van der Waals surface area contributed by atoms with Crippen molar-refractivity contribution in [2.45, 2.75) is 33.7 Å². The van der Waals surface area contributed by atoms with Gasteiger partial charge in [-0.2, -0.15) is 0 Å². The van der Waals surface area contributed by atoms with E-state index in [2.05, 4.69) is 35.1 Å². The van der Waals surface area contributed by atoms with E-state index in [1.54, 1.807) is 0 Å². The molecule has 0 saturated carbocycles. The lowest BCUT2D eigenvalue weighted by atomic mass is 10.1. The van der Waals surface area contributed by atoms with Crippen molar-refractivity contribution in [2.75, 3.05) is 25.5 Å². The molecular weight excluding hydrogens is 198 g/mol. The fourth-order valence-electron chi connectivity index (χ4n) is 1.82. The third-order valence-electron chi connectivity index (χ3n) is 2.61. The summed E-state index contributed by atoms with van der Waals surface area (Å²) >= 11 is 0. The van der Waals surface area contributed by atoms with Gasteiger partial charge in [0.05, 0.1) is 0 Å². The average Bonchev–Trinajstić information content (AvgIpc) is 2.20. The van der Waals surface area contributed by atoms with E-state index in [1.807, 2.05) is 21.0 Å². The highest BCUT2D eigenvalue weighted by molar-refractivity contribution is 5.50. The Hall–Kier alpha value is -1.09. The second-order valence-corrected chi connectivity index (χ2v) is 4.45. The molecule has 0 aromatic carbocycles. The van der Waals surface area contributed by atoms with Gasteiger partial charge in [-0.25, -0.2) is 4.98 Å². The fourth-order valence-corrected chi connectivity index (χ4v) is 1.82. The zero-order valence-electron chi connectivity index (χ0n) is 11.1. The molecule has 3 nitrogen and oxygen atoms in total. The van der Waals surface area contributed by atoms with E-state index in [1.165, 1.54) is 11.1 Å². The minimum absolute atomic E-state index is 0.903. The van der Waals surface area contributed by atoms with Crippen molar-refractivity contribution >= 4 is 5.82 Å². The molecule has 3 heteroatoms. The maximum Gasteiger partial charge on any atom is 0.133 e. The summed E-state index contributed by atoms with van der Waals surface area (Å²) in [4.78, 5) is 6.68. The minimum Gasteiger partial charge on any atom is -0.362 e. The Morgan fingerprint density at radius 3 is 2.56 bits per heavy atom. The molecule has 1 aromatic rings. The van der Waals surface area contributed by atoms with Gasteiger partial charge in [-0.3, -0.25) is 0 Å². The number of hydrogen-bond acceptors (Lipinski definition) is 3. The first-order valence-electron chi connectivity index (χ1n) is 5.91. The average molecular weight is 221 g/mol. The van der Waals surface area contributed by atoms with E-state index in [4.69, 9.17) is 0 Å². The Bertz CT molecular complexity index is 345. The van der Waals surface area contributed by atoms with Gasteiger partial charge in [0.1, 0.15) is 5.82 Å². The van der Waals surface area contributed by atoms with Gasteiger partial charge in [-0.15, -0.1) is 0 Å². The molecule has 0 spiro atoms. The molecule has 1 N–H and O–H groups in total. The maximum atomic E-state index is 4.60. The van der Waals surface area contributed by atoms with Gasteiger partial charge in [0.15, 0.2) is 0 Å². The molecular formula is C13H23N3. The monoisotopic (exact) mass is 221 g/mol. The molecule has 0 aliphatic heterocycles. The second-order valence-electron chi connectivity index (χ2n) is 4.45. The van der Waals surface area contributed by atoms with Crippen LogP contribution >= 0.6 is 0 Å². The molecule has 16 heavy (non-hydrogen) atoms. The predicted octanol–water partition coefficient (Wildman–Crippen LogP) is 2.26. The van der Waals surface area contributed by atoms with Gasteiger partial charge in [-0.1, -0.05) is 6.92 Å². The fraction of sp³-hybridized carbons (Fsp3) is 0.615. The van der Waals surface area contributed by atoms with Crippen molar-refractivity contribution in [3.63, 3.8) is 0 Å². The number of hydrogen-bond donors (Lipinski definition) is 1. The van der Waals surface area contributed by atoms with Crippen LogP contribution in [0.2, 0.25) is 0 Å². The smallest absolute Gasteiger partial charge is 0.133 e. The third-order valence-corrected chi connectivity index (χ3v) is 2.61.